The van der Waals surface area contributed by atoms with Crippen LogP contribution in [0, 0.1) is 11.2 Å². The van der Waals surface area contributed by atoms with Crippen LogP contribution in [0.15, 0.2) is 42.6 Å². The van der Waals surface area contributed by atoms with Gasteiger partial charge in [0, 0.05) is 48.3 Å². The van der Waals surface area contributed by atoms with E-state index in [1.165, 1.54) is 30.3 Å². The summed E-state index contributed by atoms with van der Waals surface area (Å²) in [4.78, 5) is 0. The molecule has 2 N–H and O–H groups in total. The van der Waals surface area contributed by atoms with Crippen LogP contribution < -0.4 is 5.73 Å². The zero-order valence-corrected chi connectivity index (χ0v) is 16.6. The second-order valence-electron chi connectivity index (χ2n) is 7.98. The third-order valence-corrected chi connectivity index (χ3v) is 4.93. The van der Waals surface area contributed by atoms with Crippen LogP contribution in [0.5, 0.6) is 0 Å². The summed E-state index contributed by atoms with van der Waals surface area (Å²) in [7, 11) is 1.61. The Kier molecular flexibility index (Phi) is 5.74. The molecule has 0 bridgehead atoms. The summed E-state index contributed by atoms with van der Waals surface area (Å²) in [5.74, 6) is -0.710. The fourth-order valence-corrected chi connectivity index (χ4v) is 3.75. The highest BCUT2D eigenvalue weighted by molar-refractivity contribution is 5.89. The quantitative estimate of drug-likeness (QED) is 0.540. The zero-order valence-electron chi connectivity index (χ0n) is 16.6. The van der Waals surface area contributed by atoms with Gasteiger partial charge in [0.15, 0.2) is 0 Å². The molecule has 156 valence electrons. The first-order valence-electron chi connectivity index (χ1n) is 9.24. The lowest BCUT2D eigenvalue weighted by atomic mass is 9.94. The van der Waals surface area contributed by atoms with Gasteiger partial charge in [-0.25, -0.2) is 4.39 Å². The van der Waals surface area contributed by atoms with Gasteiger partial charge in [0.25, 0.3) is 0 Å². The summed E-state index contributed by atoms with van der Waals surface area (Å²) in [6.07, 6.45) is -2.75. The third kappa shape index (κ3) is 4.31. The first-order valence-corrected chi connectivity index (χ1v) is 9.24. The molecule has 0 aliphatic rings. The lowest BCUT2D eigenvalue weighted by Gasteiger charge is -2.25. The first-order chi connectivity index (χ1) is 13.6. The van der Waals surface area contributed by atoms with Crippen molar-refractivity contribution in [3.8, 4) is 11.1 Å². The second-order valence-corrected chi connectivity index (χ2v) is 7.98. The molecule has 3 rings (SSSR count). The molecule has 3 aromatic rings. The highest BCUT2D eigenvalue weighted by Crippen LogP contribution is 2.39. The molecule has 0 aliphatic heterocycles. The molecule has 0 unspecified atom stereocenters. The van der Waals surface area contributed by atoms with Crippen molar-refractivity contribution in [2.45, 2.75) is 33.1 Å². The van der Waals surface area contributed by atoms with Gasteiger partial charge in [-0.15, -0.1) is 0 Å². The maximum absolute atomic E-state index is 14.9. The number of ether oxygens (including phenoxy) is 1. The van der Waals surface area contributed by atoms with Gasteiger partial charge in [-0.2, -0.15) is 13.2 Å². The average molecular weight is 408 g/mol. The Morgan fingerprint density at radius 3 is 2.38 bits per heavy atom. The lowest BCUT2D eigenvalue weighted by Crippen LogP contribution is -2.24. The molecule has 0 atom stereocenters. The molecular weight excluding hydrogens is 384 g/mol. The van der Waals surface area contributed by atoms with Gasteiger partial charge in [-0.3, -0.25) is 0 Å². The van der Waals surface area contributed by atoms with E-state index in [4.69, 9.17) is 10.5 Å². The summed E-state index contributed by atoms with van der Waals surface area (Å²) in [6.45, 7) is 5.28. The Hall–Kier alpha value is -2.38. The number of rotatable bonds is 6. The van der Waals surface area contributed by atoms with Crippen molar-refractivity contribution in [3.05, 3.63) is 59.5 Å². The second kappa shape index (κ2) is 7.80. The molecule has 1 heterocycles. The topological polar surface area (TPSA) is 40.2 Å². The van der Waals surface area contributed by atoms with Crippen molar-refractivity contribution in [3.63, 3.8) is 0 Å². The van der Waals surface area contributed by atoms with E-state index in [2.05, 4.69) is 0 Å². The Morgan fingerprint density at radius 1 is 1.07 bits per heavy atom. The van der Waals surface area contributed by atoms with Crippen molar-refractivity contribution < 1.29 is 22.3 Å². The number of methoxy groups -OCH3 is 1. The van der Waals surface area contributed by atoms with Crippen LogP contribution in [-0.2, 0) is 24.0 Å². The predicted octanol–water partition coefficient (Wildman–Crippen LogP) is 5.60. The number of alkyl halides is 3. The maximum atomic E-state index is 14.9. The van der Waals surface area contributed by atoms with Crippen LogP contribution in [-0.4, -0.2) is 18.3 Å². The molecule has 0 amide bonds. The highest BCUT2D eigenvalue weighted by atomic mass is 19.4. The smallest absolute Gasteiger partial charge is 0.384 e. The van der Waals surface area contributed by atoms with Crippen LogP contribution in [0.4, 0.5) is 17.6 Å². The van der Waals surface area contributed by atoms with Crippen molar-refractivity contribution in [1.82, 2.24) is 4.57 Å². The molecule has 0 radical (unpaired) electrons. The molecular formula is C22H24F4N2O. The highest BCUT2D eigenvalue weighted by Gasteiger charge is 2.34. The number of benzene rings is 2. The predicted molar refractivity (Wildman–Crippen MR) is 106 cm³/mol. The molecule has 2 aromatic carbocycles. The maximum Gasteiger partial charge on any atom is 0.417 e. The largest absolute Gasteiger partial charge is 0.417 e. The number of nitrogens with zero attached hydrogens (tertiary/aromatic N) is 1. The van der Waals surface area contributed by atoms with Crippen molar-refractivity contribution >= 4 is 10.9 Å². The third-order valence-electron chi connectivity index (χ3n) is 4.93. The lowest BCUT2D eigenvalue weighted by molar-refractivity contribution is -0.137. The molecule has 0 saturated carbocycles. The number of hydrogen-bond acceptors (Lipinski definition) is 2. The monoisotopic (exact) mass is 408 g/mol. The van der Waals surface area contributed by atoms with Crippen LogP contribution >= 0.6 is 0 Å². The number of aromatic nitrogens is 1. The average Bonchev–Trinajstić information content (AvgIpc) is 2.96. The van der Waals surface area contributed by atoms with E-state index in [0.29, 0.717) is 24.1 Å². The molecule has 1 aromatic heterocycles. The van der Waals surface area contributed by atoms with Crippen molar-refractivity contribution in [2.75, 3.05) is 13.7 Å². The standard InChI is InChI=1S/C22H24F4N2O/c1-21(2,13-29-3)12-28-11-14(10-27)16-8-19(23)17(9-20(16)28)15-6-4-5-7-18(15)22(24,25)26/h4-9,11H,10,12-13,27H2,1-3H3. The van der Waals surface area contributed by atoms with Gasteiger partial charge in [0.2, 0.25) is 0 Å². The normalized spacial score (nSPS) is 12.7. The fourth-order valence-electron chi connectivity index (χ4n) is 3.75. The minimum absolute atomic E-state index is 0.0853. The molecule has 0 aliphatic carbocycles. The van der Waals surface area contributed by atoms with Crippen LogP contribution in [0.25, 0.3) is 22.0 Å². The first kappa shape index (κ1) is 21.3. The Bertz CT molecular complexity index is 1020. The van der Waals surface area contributed by atoms with E-state index < -0.39 is 17.6 Å². The minimum Gasteiger partial charge on any atom is -0.384 e. The number of fused-ring (bicyclic) bond motifs is 1. The SMILES string of the molecule is COCC(C)(C)Cn1cc(CN)c2cc(F)c(-c3ccccc3C(F)(F)F)cc21. The van der Waals surface area contributed by atoms with Crippen molar-refractivity contribution in [1.29, 1.82) is 0 Å². The van der Waals surface area contributed by atoms with Gasteiger partial charge in [0.1, 0.15) is 5.82 Å². The number of halogens is 4. The summed E-state index contributed by atoms with van der Waals surface area (Å²) in [5, 5.41) is 0.603. The van der Waals surface area contributed by atoms with Crippen LogP contribution in [0.3, 0.4) is 0 Å². The number of hydrogen-bond donors (Lipinski definition) is 1. The van der Waals surface area contributed by atoms with E-state index in [1.54, 1.807) is 7.11 Å². The molecule has 29 heavy (non-hydrogen) atoms. The summed E-state index contributed by atoms with van der Waals surface area (Å²) < 4.78 is 62.5. The van der Waals surface area contributed by atoms with Gasteiger partial charge in [-0.05, 0) is 29.3 Å². The van der Waals surface area contributed by atoms with Gasteiger partial charge < -0.3 is 15.0 Å². The van der Waals surface area contributed by atoms with Gasteiger partial charge >= 0.3 is 6.18 Å². The fraction of sp³-hybridized carbons (Fsp3) is 0.364. The van der Waals surface area contributed by atoms with E-state index in [1.807, 2.05) is 24.6 Å². The Morgan fingerprint density at radius 2 is 1.76 bits per heavy atom. The molecule has 3 nitrogen and oxygen atoms in total. The van der Waals surface area contributed by atoms with E-state index in [0.717, 1.165) is 11.6 Å². The molecule has 0 fully saturated rings. The summed E-state index contributed by atoms with van der Waals surface area (Å²) >= 11 is 0. The van der Waals surface area contributed by atoms with E-state index in [9.17, 15) is 17.6 Å². The zero-order chi connectivity index (χ0) is 21.4. The Balaban J connectivity index is 2.22. The molecule has 0 saturated heterocycles. The van der Waals surface area contributed by atoms with Gasteiger partial charge in [-0.1, -0.05) is 32.0 Å². The Labute approximate surface area is 167 Å². The molecule has 0 spiro atoms. The molecule has 7 heteroatoms. The van der Waals surface area contributed by atoms with E-state index in [-0.39, 0.29) is 23.1 Å². The van der Waals surface area contributed by atoms with Gasteiger partial charge in [0.05, 0.1) is 12.2 Å². The number of nitrogens with two attached hydrogens (primary N) is 1. The summed E-state index contributed by atoms with van der Waals surface area (Å²) in [6, 6.07) is 7.78. The van der Waals surface area contributed by atoms with Crippen LogP contribution in [0.2, 0.25) is 0 Å². The van der Waals surface area contributed by atoms with Crippen LogP contribution in [0.1, 0.15) is 25.0 Å². The van der Waals surface area contributed by atoms with Crippen molar-refractivity contribution in [2.24, 2.45) is 11.1 Å². The summed E-state index contributed by atoms with van der Waals surface area (Å²) in [5.41, 5.74) is 5.84. The minimum atomic E-state index is -4.58. The van der Waals surface area contributed by atoms with E-state index >= 15 is 0 Å².